The molecule has 6 heteroatoms. The monoisotopic (exact) mass is 452 g/mol. The number of hydrogen-bond acceptors (Lipinski definition) is 5. The summed E-state index contributed by atoms with van der Waals surface area (Å²) in [7, 11) is 0. The minimum Gasteiger partial charge on any atom is -0.421 e. The van der Waals surface area contributed by atoms with Crippen molar-refractivity contribution in [2.45, 2.75) is 33.2 Å². The third kappa shape index (κ3) is 4.92. The Morgan fingerprint density at radius 3 is 2.44 bits per heavy atom. The number of aromatic nitrogens is 2. The number of nitrogens with one attached hydrogen (secondary N) is 1. The van der Waals surface area contributed by atoms with Crippen LogP contribution in [0.1, 0.15) is 40.2 Å². The molecule has 1 aliphatic rings. The molecule has 1 aromatic heterocycles. The van der Waals surface area contributed by atoms with Gasteiger partial charge in [0, 0.05) is 30.3 Å². The van der Waals surface area contributed by atoms with E-state index in [1.807, 2.05) is 54.6 Å². The Morgan fingerprint density at radius 2 is 1.71 bits per heavy atom. The molecule has 1 aliphatic heterocycles. The van der Waals surface area contributed by atoms with Gasteiger partial charge in [-0.1, -0.05) is 30.3 Å². The molecular formula is C28H28N4O2. The predicted octanol–water partition coefficient (Wildman–Crippen LogP) is 5.87. The number of amides is 1. The van der Waals surface area contributed by atoms with Gasteiger partial charge in [-0.25, -0.2) is 0 Å². The highest BCUT2D eigenvalue weighted by molar-refractivity contribution is 6.04. The van der Waals surface area contributed by atoms with Gasteiger partial charge in [0.15, 0.2) is 0 Å². The lowest BCUT2D eigenvalue weighted by atomic mass is 9.97. The van der Waals surface area contributed by atoms with Crippen molar-refractivity contribution in [2.24, 2.45) is 0 Å². The van der Waals surface area contributed by atoms with Crippen LogP contribution in [0.5, 0.6) is 0 Å². The number of nitrogens with zero attached hydrogens (tertiary/aromatic N) is 3. The van der Waals surface area contributed by atoms with Crippen molar-refractivity contribution in [3.05, 3.63) is 89.3 Å². The van der Waals surface area contributed by atoms with E-state index >= 15 is 0 Å². The number of likely N-dealkylation sites (tertiary alicyclic amines) is 1. The highest BCUT2D eigenvalue weighted by atomic mass is 16.4. The molecule has 6 nitrogen and oxygen atoms in total. The molecule has 2 heterocycles. The molecule has 0 aliphatic carbocycles. The van der Waals surface area contributed by atoms with E-state index in [4.69, 9.17) is 4.42 Å². The van der Waals surface area contributed by atoms with Gasteiger partial charge in [-0.05, 0) is 91.5 Å². The summed E-state index contributed by atoms with van der Waals surface area (Å²) in [6.45, 7) is 7.08. The summed E-state index contributed by atoms with van der Waals surface area (Å²) in [5.74, 6) is 0.924. The van der Waals surface area contributed by atoms with Gasteiger partial charge in [0.25, 0.3) is 5.91 Å². The smallest absolute Gasteiger partial charge is 0.255 e. The van der Waals surface area contributed by atoms with Gasteiger partial charge in [0.1, 0.15) is 0 Å². The Morgan fingerprint density at radius 1 is 0.941 bits per heavy atom. The largest absolute Gasteiger partial charge is 0.421 e. The lowest BCUT2D eigenvalue weighted by Crippen LogP contribution is -2.18. The lowest BCUT2D eigenvalue weighted by molar-refractivity contribution is 0.102. The number of anilines is 1. The second-order valence-electron chi connectivity index (χ2n) is 8.87. The van der Waals surface area contributed by atoms with Crippen LogP contribution in [0.2, 0.25) is 0 Å². The Kier molecular flexibility index (Phi) is 6.23. The van der Waals surface area contributed by atoms with Crippen molar-refractivity contribution >= 4 is 11.6 Å². The summed E-state index contributed by atoms with van der Waals surface area (Å²) in [5, 5.41) is 11.1. The van der Waals surface area contributed by atoms with Crippen LogP contribution in [0.4, 0.5) is 5.69 Å². The molecule has 1 amide bonds. The SMILES string of the molecule is Cc1nnc(-c2ccc(C)c(-c3ccc(C(=O)Nc4cccc(CN5CCCC5)c4)cc3)c2)o1. The third-order valence-corrected chi connectivity index (χ3v) is 6.26. The molecule has 0 atom stereocenters. The fraction of sp³-hybridized carbons (Fsp3) is 0.250. The zero-order chi connectivity index (χ0) is 23.5. The maximum atomic E-state index is 12.9. The first-order chi connectivity index (χ1) is 16.5. The molecule has 1 N–H and O–H groups in total. The minimum atomic E-state index is -0.114. The average Bonchev–Trinajstić information content (AvgIpc) is 3.51. The van der Waals surface area contributed by atoms with Crippen molar-refractivity contribution in [3.63, 3.8) is 0 Å². The quantitative estimate of drug-likeness (QED) is 0.396. The molecule has 5 rings (SSSR count). The standard InChI is InChI=1S/C28H28N4O2/c1-19-8-9-24(28-31-30-20(2)34-28)17-26(19)22-10-12-23(13-11-22)27(33)29-25-7-5-6-21(16-25)18-32-14-3-4-15-32/h5-13,16-17H,3-4,14-15,18H2,1-2H3,(H,29,33). The van der Waals surface area contributed by atoms with Crippen LogP contribution in [0.15, 0.2) is 71.1 Å². The van der Waals surface area contributed by atoms with Crippen LogP contribution < -0.4 is 5.32 Å². The summed E-state index contributed by atoms with van der Waals surface area (Å²) in [6, 6.07) is 21.9. The zero-order valence-electron chi connectivity index (χ0n) is 19.5. The first-order valence-corrected chi connectivity index (χ1v) is 11.7. The molecular weight excluding hydrogens is 424 g/mol. The first-order valence-electron chi connectivity index (χ1n) is 11.7. The molecule has 0 saturated carbocycles. The van der Waals surface area contributed by atoms with E-state index in [0.717, 1.165) is 47.6 Å². The fourth-order valence-electron chi connectivity index (χ4n) is 4.43. The molecule has 34 heavy (non-hydrogen) atoms. The van der Waals surface area contributed by atoms with Crippen molar-refractivity contribution in [3.8, 4) is 22.6 Å². The molecule has 172 valence electrons. The van der Waals surface area contributed by atoms with Crippen LogP contribution in [0, 0.1) is 13.8 Å². The number of carbonyl (C=O) groups is 1. The molecule has 1 fully saturated rings. The molecule has 0 spiro atoms. The highest BCUT2D eigenvalue weighted by Gasteiger charge is 2.13. The van der Waals surface area contributed by atoms with Crippen LogP contribution >= 0.6 is 0 Å². The van der Waals surface area contributed by atoms with E-state index < -0.39 is 0 Å². The zero-order valence-corrected chi connectivity index (χ0v) is 19.5. The normalized spacial score (nSPS) is 13.8. The van der Waals surface area contributed by atoms with Crippen molar-refractivity contribution in [1.82, 2.24) is 15.1 Å². The molecule has 3 aromatic carbocycles. The molecule has 0 bridgehead atoms. The predicted molar refractivity (Wildman–Crippen MR) is 134 cm³/mol. The van der Waals surface area contributed by atoms with Gasteiger partial charge < -0.3 is 9.73 Å². The Balaban J connectivity index is 1.30. The van der Waals surface area contributed by atoms with Gasteiger partial charge in [-0.3, -0.25) is 9.69 Å². The summed E-state index contributed by atoms with van der Waals surface area (Å²) in [4.78, 5) is 15.3. The van der Waals surface area contributed by atoms with Gasteiger partial charge in [0.05, 0.1) is 0 Å². The van der Waals surface area contributed by atoms with Gasteiger partial charge in [-0.15, -0.1) is 10.2 Å². The van der Waals surface area contributed by atoms with Crippen LogP contribution in [-0.2, 0) is 6.54 Å². The minimum absolute atomic E-state index is 0.114. The van der Waals surface area contributed by atoms with E-state index in [1.54, 1.807) is 6.92 Å². The number of aryl methyl sites for hydroxylation is 2. The molecule has 4 aromatic rings. The summed E-state index contributed by atoms with van der Waals surface area (Å²) >= 11 is 0. The van der Waals surface area contributed by atoms with Crippen molar-refractivity contribution < 1.29 is 9.21 Å². The first kappa shape index (κ1) is 22.0. The Labute approximate surface area is 199 Å². The van der Waals surface area contributed by atoms with E-state index in [1.165, 1.54) is 18.4 Å². The number of hydrogen-bond donors (Lipinski definition) is 1. The van der Waals surface area contributed by atoms with E-state index in [-0.39, 0.29) is 5.91 Å². The van der Waals surface area contributed by atoms with E-state index in [2.05, 4.69) is 39.5 Å². The summed E-state index contributed by atoms with van der Waals surface area (Å²) in [5.41, 5.74) is 6.76. The molecule has 0 radical (unpaired) electrons. The van der Waals surface area contributed by atoms with Gasteiger partial charge >= 0.3 is 0 Å². The second-order valence-corrected chi connectivity index (χ2v) is 8.87. The fourth-order valence-corrected chi connectivity index (χ4v) is 4.43. The topological polar surface area (TPSA) is 71.3 Å². The van der Waals surface area contributed by atoms with Gasteiger partial charge in [-0.2, -0.15) is 0 Å². The Hall–Kier alpha value is -3.77. The number of rotatable bonds is 6. The number of benzene rings is 3. The van der Waals surface area contributed by atoms with Crippen LogP contribution in [-0.4, -0.2) is 34.1 Å². The maximum Gasteiger partial charge on any atom is 0.255 e. The van der Waals surface area contributed by atoms with Crippen LogP contribution in [0.25, 0.3) is 22.6 Å². The lowest BCUT2D eigenvalue weighted by Gasteiger charge is -2.15. The van der Waals surface area contributed by atoms with Crippen molar-refractivity contribution in [2.75, 3.05) is 18.4 Å². The molecule has 1 saturated heterocycles. The summed E-state index contributed by atoms with van der Waals surface area (Å²) in [6.07, 6.45) is 2.54. The highest BCUT2D eigenvalue weighted by Crippen LogP contribution is 2.29. The summed E-state index contributed by atoms with van der Waals surface area (Å²) < 4.78 is 5.57. The van der Waals surface area contributed by atoms with E-state index in [0.29, 0.717) is 17.3 Å². The van der Waals surface area contributed by atoms with Crippen molar-refractivity contribution in [1.29, 1.82) is 0 Å². The average molecular weight is 453 g/mol. The Bertz CT molecular complexity index is 1300. The second kappa shape index (κ2) is 9.61. The van der Waals surface area contributed by atoms with Gasteiger partial charge in [0.2, 0.25) is 11.8 Å². The van der Waals surface area contributed by atoms with Crippen LogP contribution in [0.3, 0.4) is 0 Å². The van der Waals surface area contributed by atoms with E-state index in [9.17, 15) is 4.79 Å². The molecule has 0 unspecified atom stereocenters. The number of carbonyl (C=O) groups excluding carboxylic acids is 1. The third-order valence-electron chi connectivity index (χ3n) is 6.26. The maximum absolute atomic E-state index is 12.9.